The minimum atomic E-state index is 0.0617. The molecule has 0 aliphatic heterocycles. The van der Waals surface area contributed by atoms with Gasteiger partial charge in [-0.25, -0.2) is 0 Å². The van der Waals surface area contributed by atoms with E-state index in [9.17, 15) is 0 Å². The molecule has 2 N–H and O–H groups in total. The lowest BCUT2D eigenvalue weighted by atomic mass is 10.0. The lowest BCUT2D eigenvalue weighted by Crippen LogP contribution is -2.06. The quantitative estimate of drug-likeness (QED) is 0.785. The predicted octanol–water partition coefficient (Wildman–Crippen LogP) is 3.88. The van der Waals surface area contributed by atoms with Gasteiger partial charge in [-0.05, 0) is 23.6 Å². The Hall–Kier alpha value is -1.86. The van der Waals surface area contributed by atoms with Crippen LogP contribution in [0.3, 0.4) is 0 Å². The number of nitrogens with two attached hydrogens (primary N) is 1. The topological polar surface area (TPSA) is 26.0 Å². The van der Waals surface area contributed by atoms with Crippen molar-refractivity contribution < 1.29 is 0 Å². The average molecular weight is 223 g/mol. The van der Waals surface area contributed by atoms with Crippen LogP contribution in [0.25, 0.3) is 12.2 Å². The fraction of sp³-hybridized carbons (Fsp3) is 0.125. The molecule has 0 saturated heterocycles. The maximum atomic E-state index is 5.95. The molecule has 1 unspecified atom stereocenters. The Labute approximate surface area is 103 Å². The van der Waals surface area contributed by atoms with Crippen LogP contribution in [-0.4, -0.2) is 0 Å². The maximum absolute atomic E-state index is 5.95. The summed E-state index contributed by atoms with van der Waals surface area (Å²) in [5.41, 5.74) is 9.52. The van der Waals surface area contributed by atoms with Crippen LogP contribution in [0.5, 0.6) is 0 Å². The standard InChI is InChI=1S/C16H17N/c1-13(17)16-10-6-5-9-15(16)12-11-14-7-3-2-4-8-14/h2-13H,17H2,1H3. The van der Waals surface area contributed by atoms with Gasteiger partial charge >= 0.3 is 0 Å². The van der Waals surface area contributed by atoms with Crippen LogP contribution in [-0.2, 0) is 0 Å². The van der Waals surface area contributed by atoms with Gasteiger partial charge in [0.15, 0.2) is 0 Å². The summed E-state index contributed by atoms with van der Waals surface area (Å²) in [6, 6.07) is 18.6. The Morgan fingerprint density at radius 2 is 1.53 bits per heavy atom. The third-order valence-corrected chi connectivity index (χ3v) is 2.74. The molecule has 0 fully saturated rings. The number of benzene rings is 2. The third-order valence-electron chi connectivity index (χ3n) is 2.74. The zero-order chi connectivity index (χ0) is 12.1. The lowest BCUT2D eigenvalue weighted by molar-refractivity contribution is 0.816. The first-order valence-corrected chi connectivity index (χ1v) is 5.85. The van der Waals surface area contributed by atoms with Gasteiger partial charge in [0.2, 0.25) is 0 Å². The van der Waals surface area contributed by atoms with Gasteiger partial charge in [-0.15, -0.1) is 0 Å². The Morgan fingerprint density at radius 3 is 2.24 bits per heavy atom. The van der Waals surface area contributed by atoms with Crippen LogP contribution in [0, 0.1) is 0 Å². The highest BCUT2D eigenvalue weighted by atomic mass is 14.6. The first-order chi connectivity index (χ1) is 8.27. The van der Waals surface area contributed by atoms with Gasteiger partial charge in [0.05, 0.1) is 0 Å². The zero-order valence-electron chi connectivity index (χ0n) is 10.0. The zero-order valence-corrected chi connectivity index (χ0v) is 10.0. The Kier molecular flexibility index (Phi) is 3.73. The van der Waals surface area contributed by atoms with E-state index in [-0.39, 0.29) is 6.04 Å². The van der Waals surface area contributed by atoms with Gasteiger partial charge in [-0.1, -0.05) is 66.7 Å². The summed E-state index contributed by atoms with van der Waals surface area (Å²) < 4.78 is 0. The molecule has 0 heterocycles. The first-order valence-electron chi connectivity index (χ1n) is 5.85. The van der Waals surface area contributed by atoms with Crippen molar-refractivity contribution in [3.05, 3.63) is 71.3 Å². The van der Waals surface area contributed by atoms with E-state index < -0.39 is 0 Å². The second-order valence-electron chi connectivity index (χ2n) is 4.16. The smallest absolute Gasteiger partial charge is 0.0272 e. The molecule has 1 atom stereocenters. The lowest BCUT2D eigenvalue weighted by Gasteiger charge is -2.09. The maximum Gasteiger partial charge on any atom is 0.0272 e. The van der Waals surface area contributed by atoms with E-state index in [1.165, 1.54) is 16.7 Å². The Bertz CT molecular complexity index is 498. The molecule has 0 bridgehead atoms. The van der Waals surface area contributed by atoms with E-state index in [4.69, 9.17) is 5.73 Å². The van der Waals surface area contributed by atoms with Crippen LogP contribution < -0.4 is 5.73 Å². The molecule has 1 nitrogen and oxygen atoms in total. The van der Waals surface area contributed by atoms with E-state index >= 15 is 0 Å². The van der Waals surface area contributed by atoms with Crippen molar-refractivity contribution in [2.75, 3.05) is 0 Å². The number of hydrogen-bond donors (Lipinski definition) is 1. The summed E-state index contributed by atoms with van der Waals surface area (Å²) in [4.78, 5) is 0. The van der Waals surface area contributed by atoms with Gasteiger partial charge in [-0.2, -0.15) is 0 Å². The van der Waals surface area contributed by atoms with Crippen LogP contribution in [0.2, 0.25) is 0 Å². The molecular weight excluding hydrogens is 206 g/mol. The fourth-order valence-electron chi connectivity index (χ4n) is 1.83. The van der Waals surface area contributed by atoms with Crippen LogP contribution in [0.15, 0.2) is 54.6 Å². The van der Waals surface area contributed by atoms with Gasteiger partial charge in [-0.3, -0.25) is 0 Å². The van der Waals surface area contributed by atoms with E-state index in [0.717, 1.165) is 0 Å². The minimum Gasteiger partial charge on any atom is -0.324 e. The molecule has 0 amide bonds. The molecule has 0 aliphatic rings. The molecule has 1 heteroatoms. The van der Waals surface area contributed by atoms with Crippen LogP contribution in [0.1, 0.15) is 29.7 Å². The highest BCUT2D eigenvalue weighted by Gasteiger charge is 2.02. The highest BCUT2D eigenvalue weighted by molar-refractivity contribution is 5.71. The monoisotopic (exact) mass is 223 g/mol. The molecule has 0 radical (unpaired) electrons. The molecule has 2 aromatic carbocycles. The van der Waals surface area contributed by atoms with Crippen molar-refractivity contribution in [2.45, 2.75) is 13.0 Å². The Balaban J connectivity index is 2.27. The minimum absolute atomic E-state index is 0.0617. The SMILES string of the molecule is CC(N)c1ccccc1C=Cc1ccccc1. The summed E-state index contributed by atoms with van der Waals surface area (Å²) in [5, 5.41) is 0. The summed E-state index contributed by atoms with van der Waals surface area (Å²) in [6.07, 6.45) is 4.23. The highest BCUT2D eigenvalue weighted by Crippen LogP contribution is 2.18. The van der Waals surface area contributed by atoms with E-state index in [2.05, 4.69) is 36.4 Å². The number of hydrogen-bond acceptors (Lipinski definition) is 1. The molecular formula is C16H17N. The van der Waals surface area contributed by atoms with Crippen molar-refractivity contribution in [3.8, 4) is 0 Å². The summed E-state index contributed by atoms with van der Waals surface area (Å²) >= 11 is 0. The van der Waals surface area contributed by atoms with Gasteiger partial charge in [0.1, 0.15) is 0 Å². The summed E-state index contributed by atoms with van der Waals surface area (Å²) in [5.74, 6) is 0. The van der Waals surface area contributed by atoms with E-state index in [1.807, 2.05) is 37.3 Å². The van der Waals surface area contributed by atoms with Crippen molar-refractivity contribution in [3.63, 3.8) is 0 Å². The van der Waals surface area contributed by atoms with E-state index in [1.54, 1.807) is 0 Å². The van der Waals surface area contributed by atoms with Crippen molar-refractivity contribution in [1.29, 1.82) is 0 Å². The van der Waals surface area contributed by atoms with Crippen molar-refractivity contribution in [2.24, 2.45) is 5.73 Å². The van der Waals surface area contributed by atoms with Crippen LogP contribution in [0.4, 0.5) is 0 Å². The van der Waals surface area contributed by atoms with Crippen molar-refractivity contribution in [1.82, 2.24) is 0 Å². The van der Waals surface area contributed by atoms with Crippen LogP contribution >= 0.6 is 0 Å². The normalized spacial score (nSPS) is 12.8. The molecule has 0 saturated carbocycles. The average Bonchev–Trinajstić information content (AvgIpc) is 2.38. The van der Waals surface area contributed by atoms with Gasteiger partial charge in [0, 0.05) is 6.04 Å². The molecule has 2 aromatic rings. The molecule has 0 spiro atoms. The largest absolute Gasteiger partial charge is 0.324 e. The summed E-state index contributed by atoms with van der Waals surface area (Å²) in [6.45, 7) is 2.01. The van der Waals surface area contributed by atoms with Crippen molar-refractivity contribution >= 4 is 12.2 Å². The van der Waals surface area contributed by atoms with Gasteiger partial charge < -0.3 is 5.73 Å². The molecule has 0 aliphatic carbocycles. The molecule has 2 rings (SSSR count). The second kappa shape index (κ2) is 5.46. The number of rotatable bonds is 3. The fourth-order valence-corrected chi connectivity index (χ4v) is 1.83. The molecule has 17 heavy (non-hydrogen) atoms. The first kappa shape index (κ1) is 11.6. The predicted molar refractivity (Wildman–Crippen MR) is 74.4 cm³/mol. The molecule has 0 aromatic heterocycles. The van der Waals surface area contributed by atoms with Gasteiger partial charge in [0.25, 0.3) is 0 Å². The molecule has 86 valence electrons. The Morgan fingerprint density at radius 1 is 0.882 bits per heavy atom. The second-order valence-corrected chi connectivity index (χ2v) is 4.16. The summed E-state index contributed by atoms with van der Waals surface area (Å²) in [7, 11) is 0. The third kappa shape index (κ3) is 3.05. The van der Waals surface area contributed by atoms with E-state index in [0.29, 0.717) is 0 Å².